The van der Waals surface area contributed by atoms with Gasteiger partial charge in [-0.05, 0) is 70.0 Å². The number of carbonyl (C=O) groups is 2. The summed E-state index contributed by atoms with van der Waals surface area (Å²) < 4.78 is 11.7. The van der Waals surface area contributed by atoms with Crippen LogP contribution in [0.5, 0.6) is 17.2 Å². The molecule has 3 aromatic carbocycles. The number of methoxy groups -OCH3 is 1. The molecule has 7 heteroatoms. The molecule has 0 saturated carbocycles. The van der Waals surface area contributed by atoms with Crippen molar-refractivity contribution in [1.29, 1.82) is 0 Å². The first-order chi connectivity index (χ1) is 14.5. The van der Waals surface area contributed by atoms with Crippen LogP contribution in [0.3, 0.4) is 0 Å². The standard InChI is InChI=1S/C23H18BrNO5/c1-29-18-6-4-5-16(14-18)22(26)25-20(23(27)28)13-15-9-11-17(12-10-15)30-21-8-3-2-7-19(21)24/h2-14H,1H3,(H,25,26)(H,27,28)/b20-13+. The van der Waals surface area contributed by atoms with E-state index in [1.807, 2.05) is 24.3 Å². The van der Waals surface area contributed by atoms with Gasteiger partial charge < -0.3 is 19.9 Å². The van der Waals surface area contributed by atoms with Gasteiger partial charge in [0.05, 0.1) is 11.6 Å². The molecular weight excluding hydrogens is 450 g/mol. The molecule has 0 aliphatic heterocycles. The quantitative estimate of drug-likeness (QED) is 0.471. The zero-order valence-electron chi connectivity index (χ0n) is 16.0. The third kappa shape index (κ3) is 5.48. The molecule has 0 aromatic heterocycles. The summed E-state index contributed by atoms with van der Waals surface area (Å²) in [5.41, 5.74) is 0.638. The van der Waals surface area contributed by atoms with Gasteiger partial charge in [0, 0.05) is 5.56 Å². The molecule has 3 aromatic rings. The number of ether oxygens (including phenoxy) is 2. The summed E-state index contributed by atoms with van der Waals surface area (Å²) in [4.78, 5) is 24.0. The molecule has 30 heavy (non-hydrogen) atoms. The average Bonchev–Trinajstić information content (AvgIpc) is 2.76. The Balaban J connectivity index is 1.75. The minimum atomic E-state index is -1.25. The van der Waals surface area contributed by atoms with Crippen LogP contribution in [0.15, 0.2) is 83.0 Å². The maximum absolute atomic E-state index is 12.4. The normalized spacial score (nSPS) is 10.9. The highest BCUT2D eigenvalue weighted by molar-refractivity contribution is 9.10. The summed E-state index contributed by atoms with van der Waals surface area (Å²) in [5, 5.41) is 11.9. The number of hydrogen-bond donors (Lipinski definition) is 2. The minimum Gasteiger partial charge on any atom is -0.497 e. The Morgan fingerprint density at radius 1 is 0.967 bits per heavy atom. The van der Waals surface area contributed by atoms with Crippen molar-refractivity contribution in [3.05, 3.63) is 94.1 Å². The fourth-order valence-electron chi connectivity index (χ4n) is 2.56. The van der Waals surface area contributed by atoms with Crippen molar-refractivity contribution in [3.8, 4) is 17.2 Å². The van der Waals surface area contributed by atoms with Gasteiger partial charge in [0.2, 0.25) is 0 Å². The average molecular weight is 468 g/mol. The molecule has 0 saturated heterocycles. The number of para-hydroxylation sites is 1. The van der Waals surface area contributed by atoms with Gasteiger partial charge in [0.1, 0.15) is 22.9 Å². The van der Waals surface area contributed by atoms with E-state index in [2.05, 4.69) is 21.2 Å². The summed E-state index contributed by atoms with van der Waals surface area (Å²) in [5.74, 6) is -0.0331. The van der Waals surface area contributed by atoms with Crippen LogP contribution in [0, 0.1) is 0 Å². The van der Waals surface area contributed by atoms with Gasteiger partial charge in [-0.2, -0.15) is 0 Å². The molecule has 0 bridgehead atoms. The van der Waals surface area contributed by atoms with E-state index < -0.39 is 11.9 Å². The van der Waals surface area contributed by atoms with Crippen molar-refractivity contribution in [1.82, 2.24) is 5.32 Å². The third-order valence-electron chi connectivity index (χ3n) is 4.07. The van der Waals surface area contributed by atoms with Crippen molar-refractivity contribution in [3.63, 3.8) is 0 Å². The van der Waals surface area contributed by atoms with E-state index in [0.29, 0.717) is 28.4 Å². The van der Waals surface area contributed by atoms with Gasteiger partial charge in [0.15, 0.2) is 0 Å². The lowest BCUT2D eigenvalue weighted by Gasteiger charge is -2.09. The lowest BCUT2D eigenvalue weighted by atomic mass is 10.1. The lowest BCUT2D eigenvalue weighted by molar-refractivity contribution is -0.132. The first-order valence-electron chi connectivity index (χ1n) is 8.89. The maximum Gasteiger partial charge on any atom is 0.352 e. The number of rotatable bonds is 7. The van der Waals surface area contributed by atoms with Gasteiger partial charge in [-0.25, -0.2) is 4.79 Å². The molecule has 0 atom stereocenters. The molecule has 3 rings (SSSR count). The molecule has 0 unspecified atom stereocenters. The van der Waals surface area contributed by atoms with Crippen LogP contribution in [0.1, 0.15) is 15.9 Å². The molecule has 0 spiro atoms. The van der Waals surface area contributed by atoms with Gasteiger partial charge in [-0.15, -0.1) is 0 Å². The molecule has 0 aliphatic rings. The Hall–Kier alpha value is -3.58. The zero-order valence-corrected chi connectivity index (χ0v) is 17.5. The van der Waals surface area contributed by atoms with Crippen molar-refractivity contribution < 1.29 is 24.2 Å². The second-order valence-electron chi connectivity index (χ2n) is 6.15. The Morgan fingerprint density at radius 3 is 2.37 bits per heavy atom. The number of aliphatic carboxylic acids is 1. The van der Waals surface area contributed by atoms with Gasteiger partial charge >= 0.3 is 5.97 Å². The first-order valence-corrected chi connectivity index (χ1v) is 9.68. The Kier molecular flexibility index (Phi) is 6.87. The van der Waals surface area contributed by atoms with E-state index in [4.69, 9.17) is 9.47 Å². The van der Waals surface area contributed by atoms with Crippen molar-refractivity contribution >= 4 is 33.9 Å². The second-order valence-corrected chi connectivity index (χ2v) is 7.01. The monoisotopic (exact) mass is 467 g/mol. The van der Waals surface area contributed by atoms with Crippen LogP contribution in [0.2, 0.25) is 0 Å². The van der Waals surface area contributed by atoms with Gasteiger partial charge in [0.25, 0.3) is 5.91 Å². The third-order valence-corrected chi connectivity index (χ3v) is 4.72. The fraction of sp³-hybridized carbons (Fsp3) is 0.0435. The molecule has 6 nitrogen and oxygen atoms in total. The highest BCUT2D eigenvalue weighted by Gasteiger charge is 2.14. The number of carboxylic acid groups (broad SMARTS) is 1. The number of halogens is 1. The van der Waals surface area contributed by atoms with E-state index in [-0.39, 0.29) is 5.70 Å². The van der Waals surface area contributed by atoms with Crippen LogP contribution in [-0.4, -0.2) is 24.1 Å². The number of carbonyl (C=O) groups excluding carboxylic acids is 1. The highest BCUT2D eigenvalue weighted by Crippen LogP contribution is 2.29. The summed E-state index contributed by atoms with van der Waals surface area (Å²) in [7, 11) is 1.49. The van der Waals surface area contributed by atoms with E-state index in [1.54, 1.807) is 42.5 Å². The highest BCUT2D eigenvalue weighted by atomic mass is 79.9. The predicted octanol–water partition coefficient (Wildman–Crippen LogP) is 5.11. The topological polar surface area (TPSA) is 84.9 Å². The summed E-state index contributed by atoms with van der Waals surface area (Å²) >= 11 is 3.42. The zero-order chi connectivity index (χ0) is 21.5. The van der Waals surface area contributed by atoms with E-state index in [1.165, 1.54) is 19.3 Å². The number of amides is 1. The van der Waals surface area contributed by atoms with Crippen molar-refractivity contribution in [2.75, 3.05) is 7.11 Å². The summed E-state index contributed by atoms with van der Waals surface area (Å²) in [6.07, 6.45) is 1.38. The Labute approximate surface area is 181 Å². The van der Waals surface area contributed by atoms with Crippen LogP contribution in [-0.2, 0) is 4.79 Å². The maximum atomic E-state index is 12.4. The molecule has 2 N–H and O–H groups in total. The fourth-order valence-corrected chi connectivity index (χ4v) is 2.93. The lowest BCUT2D eigenvalue weighted by Crippen LogP contribution is -2.27. The van der Waals surface area contributed by atoms with Crippen molar-refractivity contribution in [2.24, 2.45) is 0 Å². The Bertz CT molecular complexity index is 1090. The number of nitrogens with one attached hydrogen (secondary N) is 1. The largest absolute Gasteiger partial charge is 0.497 e. The smallest absolute Gasteiger partial charge is 0.352 e. The Morgan fingerprint density at radius 2 is 1.70 bits per heavy atom. The van der Waals surface area contributed by atoms with E-state index >= 15 is 0 Å². The SMILES string of the molecule is COc1cccc(C(=O)N/C(=C/c2ccc(Oc3ccccc3Br)cc2)C(=O)O)c1. The van der Waals surface area contributed by atoms with Gasteiger partial charge in [-0.3, -0.25) is 4.79 Å². The van der Waals surface area contributed by atoms with Crippen LogP contribution in [0.25, 0.3) is 6.08 Å². The second kappa shape index (κ2) is 9.76. The molecule has 0 aliphatic carbocycles. The first kappa shape index (κ1) is 21.1. The summed E-state index contributed by atoms with van der Waals surface area (Å²) in [6.45, 7) is 0. The predicted molar refractivity (Wildman–Crippen MR) is 117 cm³/mol. The molecule has 0 radical (unpaired) electrons. The molecule has 0 fully saturated rings. The minimum absolute atomic E-state index is 0.248. The molecule has 152 valence electrons. The van der Waals surface area contributed by atoms with E-state index in [0.717, 1.165) is 4.47 Å². The molecule has 0 heterocycles. The number of carboxylic acids is 1. The van der Waals surface area contributed by atoms with Crippen LogP contribution in [0.4, 0.5) is 0 Å². The van der Waals surface area contributed by atoms with E-state index in [9.17, 15) is 14.7 Å². The molecule has 1 amide bonds. The summed E-state index contributed by atoms with van der Waals surface area (Å²) in [6, 6.07) is 20.7. The van der Waals surface area contributed by atoms with Crippen molar-refractivity contribution in [2.45, 2.75) is 0 Å². The van der Waals surface area contributed by atoms with Gasteiger partial charge in [-0.1, -0.05) is 30.3 Å². The van der Waals surface area contributed by atoms with Crippen LogP contribution >= 0.6 is 15.9 Å². The number of benzene rings is 3. The molecular formula is C23H18BrNO5. The van der Waals surface area contributed by atoms with Crippen LogP contribution < -0.4 is 14.8 Å². The number of hydrogen-bond acceptors (Lipinski definition) is 4.